The van der Waals surface area contributed by atoms with E-state index in [9.17, 15) is 0 Å². The van der Waals surface area contributed by atoms with Crippen LogP contribution in [0.5, 0.6) is 0 Å². The van der Waals surface area contributed by atoms with Crippen molar-refractivity contribution < 1.29 is 0 Å². The molecule has 0 N–H and O–H groups in total. The number of hydrogen-bond acceptors (Lipinski definition) is 1. The third kappa shape index (κ3) is 1.74. The SMILES string of the molecule is CCCc1cccc2c1sc1cc3ccccc3cc12. The Bertz CT molecular complexity index is 915. The maximum absolute atomic E-state index is 2.35. The third-order valence-electron chi connectivity index (χ3n) is 3.97. The van der Waals surface area contributed by atoms with Crippen LogP contribution in [0.4, 0.5) is 0 Å². The van der Waals surface area contributed by atoms with Gasteiger partial charge >= 0.3 is 0 Å². The lowest BCUT2D eigenvalue weighted by Crippen LogP contribution is -1.81. The van der Waals surface area contributed by atoms with Crippen molar-refractivity contribution in [3.05, 3.63) is 60.2 Å². The number of aryl methyl sites for hydroxylation is 1. The zero-order valence-electron chi connectivity index (χ0n) is 11.5. The van der Waals surface area contributed by atoms with Gasteiger partial charge in [-0.2, -0.15) is 0 Å². The summed E-state index contributed by atoms with van der Waals surface area (Å²) < 4.78 is 2.88. The molecule has 1 heterocycles. The lowest BCUT2D eigenvalue weighted by atomic mass is 10.0. The quantitative estimate of drug-likeness (QED) is 0.411. The molecule has 0 atom stereocenters. The van der Waals surface area contributed by atoms with E-state index in [-0.39, 0.29) is 0 Å². The highest BCUT2D eigenvalue weighted by Gasteiger charge is 2.09. The van der Waals surface area contributed by atoms with Gasteiger partial charge in [0.1, 0.15) is 0 Å². The number of fused-ring (bicyclic) bond motifs is 4. The van der Waals surface area contributed by atoms with Gasteiger partial charge in [-0.25, -0.2) is 0 Å². The molecule has 0 nitrogen and oxygen atoms in total. The average Bonchev–Trinajstić information content (AvgIpc) is 2.84. The first-order valence-corrected chi connectivity index (χ1v) is 8.01. The largest absolute Gasteiger partial charge is 0.135 e. The van der Waals surface area contributed by atoms with Crippen molar-refractivity contribution in [2.24, 2.45) is 0 Å². The van der Waals surface area contributed by atoms with Gasteiger partial charge in [0.25, 0.3) is 0 Å². The molecule has 0 saturated carbocycles. The van der Waals surface area contributed by atoms with Crippen LogP contribution in [-0.2, 0) is 6.42 Å². The average molecular weight is 276 g/mol. The molecule has 1 aromatic heterocycles. The molecule has 0 aliphatic carbocycles. The molecule has 20 heavy (non-hydrogen) atoms. The zero-order valence-corrected chi connectivity index (χ0v) is 12.3. The molecule has 0 radical (unpaired) electrons. The van der Waals surface area contributed by atoms with Crippen LogP contribution in [0.25, 0.3) is 30.9 Å². The van der Waals surface area contributed by atoms with Crippen LogP contribution < -0.4 is 0 Å². The number of thiophene rings is 1. The van der Waals surface area contributed by atoms with E-state index in [0.29, 0.717) is 0 Å². The van der Waals surface area contributed by atoms with Crippen LogP contribution in [0.15, 0.2) is 54.6 Å². The fourth-order valence-electron chi connectivity index (χ4n) is 3.01. The maximum atomic E-state index is 2.35. The van der Waals surface area contributed by atoms with Gasteiger partial charge in [-0.3, -0.25) is 0 Å². The minimum atomic E-state index is 1.17. The summed E-state index contributed by atoms with van der Waals surface area (Å²) in [5.74, 6) is 0. The molecule has 3 aromatic carbocycles. The first kappa shape index (κ1) is 11.9. The van der Waals surface area contributed by atoms with E-state index in [1.165, 1.54) is 49.3 Å². The highest BCUT2D eigenvalue weighted by molar-refractivity contribution is 7.26. The van der Waals surface area contributed by atoms with Crippen LogP contribution in [-0.4, -0.2) is 0 Å². The van der Waals surface area contributed by atoms with Crippen molar-refractivity contribution in [1.29, 1.82) is 0 Å². The first-order valence-electron chi connectivity index (χ1n) is 7.19. The Labute approximate surface area is 122 Å². The fraction of sp³-hybridized carbons (Fsp3) is 0.158. The van der Waals surface area contributed by atoms with Gasteiger partial charge in [-0.15, -0.1) is 11.3 Å². The van der Waals surface area contributed by atoms with Crippen molar-refractivity contribution in [3.63, 3.8) is 0 Å². The van der Waals surface area contributed by atoms with E-state index in [2.05, 4.69) is 61.5 Å². The molecular formula is C19H16S. The van der Waals surface area contributed by atoms with Crippen molar-refractivity contribution in [3.8, 4) is 0 Å². The van der Waals surface area contributed by atoms with Crippen molar-refractivity contribution >= 4 is 42.3 Å². The Hall–Kier alpha value is -1.86. The van der Waals surface area contributed by atoms with Crippen molar-refractivity contribution in [2.75, 3.05) is 0 Å². The second-order valence-corrected chi connectivity index (χ2v) is 6.39. The van der Waals surface area contributed by atoms with E-state index >= 15 is 0 Å². The van der Waals surface area contributed by atoms with E-state index < -0.39 is 0 Å². The molecule has 4 aromatic rings. The summed E-state index contributed by atoms with van der Waals surface area (Å²) in [6, 6.07) is 20.1. The molecule has 4 rings (SSSR count). The third-order valence-corrected chi connectivity index (χ3v) is 5.21. The molecule has 0 fully saturated rings. The summed E-state index contributed by atoms with van der Waals surface area (Å²) in [4.78, 5) is 0. The van der Waals surface area contributed by atoms with Crippen molar-refractivity contribution in [1.82, 2.24) is 0 Å². The van der Waals surface area contributed by atoms with E-state index in [0.717, 1.165) is 0 Å². The molecule has 98 valence electrons. The molecule has 0 unspecified atom stereocenters. The van der Waals surface area contributed by atoms with Gasteiger partial charge in [0.15, 0.2) is 0 Å². The lowest BCUT2D eigenvalue weighted by Gasteiger charge is -2.00. The Balaban J connectivity index is 2.13. The molecule has 1 heteroatoms. The van der Waals surface area contributed by atoms with Gasteiger partial charge in [-0.05, 0) is 34.9 Å². The maximum Gasteiger partial charge on any atom is 0.0387 e. The number of rotatable bonds is 2. The predicted molar refractivity (Wildman–Crippen MR) is 90.8 cm³/mol. The molecule has 0 amide bonds. The Morgan fingerprint density at radius 1 is 0.850 bits per heavy atom. The summed E-state index contributed by atoms with van der Waals surface area (Å²) in [5.41, 5.74) is 1.50. The summed E-state index contributed by atoms with van der Waals surface area (Å²) >= 11 is 1.94. The Kier molecular flexibility index (Phi) is 2.75. The van der Waals surface area contributed by atoms with Gasteiger partial charge < -0.3 is 0 Å². The van der Waals surface area contributed by atoms with Gasteiger partial charge in [0.05, 0.1) is 0 Å². The number of benzene rings is 3. The standard InChI is InChI=1S/C19H16S/c1-2-6-13-9-5-10-16-17-11-14-7-3-4-8-15(14)12-18(17)20-19(13)16/h3-5,7-12H,2,6H2,1H3. The van der Waals surface area contributed by atoms with Crippen LogP contribution in [0.3, 0.4) is 0 Å². The topological polar surface area (TPSA) is 0 Å². The minimum Gasteiger partial charge on any atom is -0.135 e. The summed E-state index contributed by atoms with van der Waals surface area (Å²) in [6.45, 7) is 2.25. The van der Waals surface area contributed by atoms with Gasteiger partial charge in [0.2, 0.25) is 0 Å². The Morgan fingerprint density at radius 2 is 1.65 bits per heavy atom. The molecule has 0 aliphatic heterocycles. The molecule has 0 saturated heterocycles. The molecular weight excluding hydrogens is 260 g/mol. The van der Waals surface area contributed by atoms with E-state index in [1.54, 1.807) is 0 Å². The number of hydrogen-bond donors (Lipinski definition) is 0. The smallest absolute Gasteiger partial charge is 0.0387 e. The van der Waals surface area contributed by atoms with Crippen LogP contribution in [0, 0.1) is 0 Å². The lowest BCUT2D eigenvalue weighted by molar-refractivity contribution is 0.931. The Morgan fingerprint density at radius 3 is 2.45 bits per heavy atom. The molecule has 0 spiro atoms. The summed E-state index contributed by atoms with van der Waals surface area (Å²) in [5, 5.41) is 5.49. The summed E-state index contributed by atoms with van der Waals surface area (Å²) in [7, 11) is 0. The zero-order chi connectivity index (χ0) is 13.5. The predicted octanol–water partition coefficient (Wildman–Crippen LogP) is 6.16. The van der Waals surface area contributed by atoms with Crippen LogP contribution >= 0.6 is 11.3 Å². The highest BCUT2D eigenvalue weighted by Crippen LogP contribution is 2.38. The molecule has 0 aliphatic rings. The van der Waals surface area contributed by atoms with Gasteiger partial charge in [-0.1, -0.05) is 55.8 Å². The highest BCUT2D eigenvalue weighted by atomic mass is 32.1. The van der Waals surface area contributed by atoms with E-state index in [4.69, 9.17) is 0 Å². The van der Waals surface area contributed by atoms with E-state index in [1.807, 2.05) is 11.3 Å². The summed E-state index contributed by atoms with van der Waals surface area (Å²) in [6.07, 6.45) is 2.37. The second-order valence-electron chi connectivity index (χ2n) is 5.34. The monoisotopic (exact) mass is 276 g/mol. The molecule has 0 bridgehead atoms. The van der Waals surface area contributed by atoms with Gasteiger partial charge in [0, 0.05) is 20.2 Å². The van der Waals surface area contributed by atoms with Crippen LogP contribution in [0.1, 0.15) is 18.9 Å². The van der Waals surface area contributed by atoms with Crippen LogP contribution in [0.2, 0.25) is 0 Å². The normalized spacial score (nSPS) is 11.7. The van der Waals surface area contributed by atoms with Crippen molar-refractivity contribution in [2.45, 2.75) is 19.8 Å². The second kappa shape index (κ2) is 4.60. The minimum absolute atomic E-state index is 1.17. The fourth-order valence-corrected chi connectivity index (χ4v) is 4.28. The first-order chi connectivity index (χ1) is 9.86.